The maximum absolute atomic E-state index is 14.3. The smallest absolute Gasteiger partial charge is 0.247 e. The van der Waals surface area contributed by atoms with Crippen LogP contribution in [0.4, 0.5) is 17.1 Å². The van der Waals surface area contributed by atoms with Gasteiger partial charge in [0.05, 0.1) is 18.2 Å². The predicted octanol–water partition coefficient (Wildman–Crippen LogP) is 4.89. The average Bonchev–Trinajstić information content (AvgIpc) is 3.66. The van der Waals surface area contributed by atoms with Crippen LogP contribution in [0.5, 0.6) is 0 Å². The van der Waals surface area contributed by atoms with E-state index in [1.165, 1.54) is 6.26 Å². The molecule has 1 aromatic heterocycles. The molecule has 0 aliphatic carbocycles. The van der Waals surface area contributed by atoms with Gasteiger partial charge in [-0.2, -0.15) is 0 Å². The van der Waals surface area contributed by atoms with E-state index < -0.39 is 29.2 Å². The van der Waals surface area contributed by atoms with E-state index >= 15 is 0 Å². The summed E-state index contributed by atoms with van der Waals surface area (Å²) in [6.45, 7) is 0. The van der Waals surface area contributed by atoms with Gasteiger partial charge in [-0.3, -0.25) is 14.4 Å². The Labute approximate surface area is 218 Å². The number of carbonyl (C=O) groups excluding carboxylic acids is 3. The molecule has 4 heterocycles. The predicted molar refractivity (Wildman–Crippen MR) is 144 cm³/mol. The van der Waals surface area contributed by atoms with Crippen LogP contribution in [0.1, 0.15) is 21.7 Å². The Morgan fingerprint density at radius 3 is 2.47 bits per heavy atom. The molecule has 1 spiro atoms. The highest BCUT2D eigenvalue weighted by Crippen LogP contribution is 2.57. The molecule has 1 fully saturated rings. The van der Waals surface area contributed by atoms with Gasteiger partial charge in [0.25, 0.3) is 0 Å². The zero-order valence-corrected chi connectivity index (χ0v) is 20.2. The van der Waals surface area contributed by atoms with E-state index in [0.717, 1.165) is 11.3 Å². The highest BCUT2D eigenvalue weighted by Gasteiger charge is 2.70. The molecule has 7 nitrogen and oxygen atoms in total. The summed E-state index contributed by atoms with van der Waals surface area (Å²) in [6, 6.07) is 25.9. The lowest BCUT2D eigenvalue weighted by atomic mass is 9.65. The van der Waals surface area contributed by atoms with Crippen molar-refractivity contribution in [3.05, 3.63) is 120 Å². The van der Waals surface area contributed by atoms with E-state index in [9.17, 15) is 14.4 Å². The van der Waals surface area contributed by atoms with Gasteiger partial charge in [0.15, 0.2) is 5.76 Å². The molecule has 1 unspecified atom stereocenters. The number of hydrogen-bond acceptors (Lipinski definition) is 5. The first-order valence-corrected chi connectivity index (χ1v) is 12.5. The lowest BCUT2D eigenvalue weighted by molar-refractivity contribution is -0.122. The molecule has 4 atom stereocenters. The van der Waals surface area contributed by atoms with Crippen molar-refractivity contribution >= 4 is 40.7 Å². The van der Waals surface area contributed by atoms with Gasteiger partial charge in [-0.1, -0.05) is 66.7 Å². The third-order valence-electron chi connectivity index (χ3n) is 7.90. The fourth-order valence-electron chi connectivity index (χ4n) is 6.43. The molecule has 186 valence electrons. The first-order valence-electron chi connectivity index (χ1n) is 12.5. The number of nitrogens with zero attached hydrogens (tertiary/aromatic N) is 1. The Bertz CT molecular complexity index is 1610. The lowest BCUT2D eigenvalue weighted by Crippen LogP contribution is -2.51. The van der Waals surface area contributed by atoms with Crippen LogP contribution in [-0.2, 0) is 15.0 Å². The largest absolute Gasteiger partial charge is 0.461 e. The quantitative estimate of drug-likeness (QED) is 0.389. The van der Waals surface area contributed by atoms with Crippen molar-refractivity contribution in [1.82, 2.24) is 0 Å². The lowest BCUT2D eigenvalue weighted by Gasteiger charge is -2.37. The molecule has 38 heavy (non-hydrogen) atoms. The van der Waals surface area contributed by atoms with Gasteiger partial charge in [-0.05, 0) is 47.5 Å². The number of ketones is 1. The molecular weight excluding hydrogens is 478 g/mol. The Balaban J connectivity index is 1.49. The summed E-state index contributed by atoms with van der Waals surface area (Å²) in [5.41, 5.74) is 2.29. The van der Waals surface area contributed by atoms with E-state index in [1.54, 1.807) is 24.3 Å². The molecule has 3 aliphatic rings. The van der Waals surface area contributed by atoms with Crippen LogP contribution in [0, 0.1) is 5.92 Å². The molecule has 3 aromatic carbocycles. The van der Waals surface area contributed by atoms with Crippen molar-refractivity contribution in [2.24, 2.45) is 5.92 Å². The van der Waals surface area contributed by atoms with Crippen LogP contribution in [0.15, 0.2) is 108 Å². The number of hydrogen-bond donors (Lipinski definition) is 2. The molecule has 7 heteroatoms. The van der Waals surface area contributed by atoms with Crippen molar-refractivity contribution < 1.29 is 18.8 Å². The van der Waals surface area contributed by atoms with Gasteiger partial charge in [0, 0.05) is 17.1 Å². The van der Waals surface area contributed by atoms with Gasteiger partial charge < -0.3 is 20.0 Å². The summed E-state index contributed by atoms with van der Waals surface area (Å²) < 4.78 is 5.55. The maximum atomic E-state index is 14.3. The molecule has 0 saturated carbocycles. The number of para-hydroxylation sites is 3. The molecule has 2 N–H and O–H groups in total. The van der Waals surface area contributed by atoms with Gasteiger partial charge in [0.1, 0.15) is 11.5 Å². The Kier molecular flexibility index (Phi) is 4.88. The summed E-state index contributed by atoms with van der Waals surface area (Å²) >= 11 is 0. The summed E-state index contributed by atoms with van der Waals surface area (Å²) in [6.07, 6.45) is 5.35. The number of amides is 2. The van der Waals surface area contributed by atoms with Gasteiger partial charge in [-0.15, -0.1) is 0 Å². The van der Waals surface area contributed by atoms with Crippen LogP contribution >= 0.6 is 0 Å². The number of nitrogens with one attached hydrogen (secondary N) is 2. The first-order chi connectivity index (χ1) is 18.6. The minimum absolute atomic E-state index is 0.112. The molecular formula is C31H23N3O4. The summed E-state index contributed by atoms with van der Waals surface area (Å²) in [4.78, 5) is 44.7. The highest BCUT2D eigenvalue weighted by atomic mass is 16.3. The number of carbonyl (C=O) groups is 3. The van der Waals surface area contributed by atoms with Crippen molar-refractivity contribution in [1.29, 1.82) is 0 Å². The maximum Gasteiger partial charge on any atom is 0.247 e. The number of anilines is 3. The molecule has 0 radical (unpaired) electrons. The van der Waals surface area contributed by atoms with Gasteiger partial charge in [-0.25, -0.2) is 0 Å². The van der Waals surface area contributed by atoms with Gasteiger partial charge >= 0.3 is 0 Å². The number of fused-ring (bicyclic) bond motifs is 6. The number of rotatable bonds is 4. The fourth-order valence-corrected chi connectivity index (χ4v) is 6.43. The van der Waals surface area contributed by atoms with Crippen LogP contribution in [0.3, 0.4) is 0 Å². The van der Waals surface area contributed by atoms with Crippen molar-refractivity contribution in [2.45, 2.75) is 17.5 Å². The van der Waals surface area contributed by atoms with E-state index in [0.29, 0.717) is 16.9 Å². The third-order valence-corrected chi connectivity index (χ3v) is 7.90. The van der Waals surface area contributed by atoms with Gasteiger partial charge in [0.2, 0.25) is 17.6 Å². The SMILES string of the molecule is O=C(c1ccco1)[C@@H]1[C@H](C(=O)Nc2ccccc2)N2c3ccccc3C=CC2[C@@]12C(=O)Nc1ccccc12. The molecule has 4 aromatic rings. The van der Waals surface area contributed by atoms with Crippen molar-refractivity contribution in [3.63, 3.8) is 0 Å². The molecule has 2 amide bonds. The van der Waals surface area contributed by atoms with E-state index in [2.05, 4.69) is 10.6 Å². The second-order valence-electron chi connectivity index (χ2n) is 9.76. The highest BCUT2D eigenvalue weighted by molar-refractivity contribution is 6.17. The van der Waals surface area contributed by atoms with Crippen LogP contribution in [-0.4, -0.2) is 29.7 Å². The molecule has 3 aliphatic heterocycles. The summed E-state index contributed by atoms with van der Waals surface area (Å²) in [5, 5.41) is 6.02. The minimum Gasteiger partial charge on any atom is -0.461 e. The second kappa shape index (κ2) is 8.31. The number of Topliss-reactive ketones (excluding diaryl/α,β-unsaturated/α-hetero) is 1. The Morgan fingerprint density at radius 2 is 1.66 bits per heavy atom. The zero-order valence-electron chi connectivity index (χ0n) is 20.2. The van der Waals surface area contributed by atoms with E-state index in [-0.39, 0.29) is 17.6 Å². The summed E-state index contributed by atoms with van der Waals surface area (Å²) in [5.74, 6) is -2.03. The third kappa shape index (κ3) is 2.99. The van der Waals surface area contributed by atoms with Crippen molar-refractivity contribution in [2.75, 3.05) is 15.5 Å². The standard InChI is InChI=1S/C31H23N3O4/c35-28(24-15-8-18-38-24)26-27(29(36)32-20-10-2-1-3-11-20)34-23-14-7-4-9-19(23)16-17-25(34)31(26)21-12-5-6-13-22(21)33-30(31)37/h1-18,25-27H,(H,32,36)(H,33,37)/t25?,26-,27+,31+/m0/s1. The fraction of sp³-hybridized carbons (Fsp3) is 0.129. The minimum atomic E-state index is -1.36. The monoisotopic (exact) mass is 501 g/mol. The first kappa shape index (κ1) is 22.3. The van der Waals surface area contributed by atoms with Crippen LogP contribution in [0.2, 0.25) is 0 Å². The van der Waals surface area contributed by atoms with E-state index in [1.807, 2.05) is 83.8 Å². The zero-order chi connectivity index (χ0) is 25.9. The molecule has 0 bridgehead atoms. The van der Waals surface area contributed by atoms with E-state index in [4.69, 9.17) is 4.42 Å². The topological polar surface area (TPSA) is 91.7 Å². The molecule has 1 saturated heterocycles. The van der Waals surface area contributed by atoms with Crippen molar-refractivity contribution in [3.8, 4) is 0 Å². The van der Waals surface area contributed by atoms with Crippen LogP contribution in [0.25, 0.3) is 6.08 Å². The number of furan rings is 1. The van der Waals surface area contributed by atoms with Crippen LogP contribution < -0.4 is 15.5 Å². The molecule has 7 rings (SSSR count). The Hall–Kier alpha value is -4.91. The Morgan fingerprint density at radius 1 is 0.895 bits per heavy atom. The number of benzene rings is 3. The average molecular weight is 502 g/mol. The normalized spacial score (nSPS) is 24.5. The summed E-state index contributed by atoms with van der Waals surface area (Å²) in [7, 11) is 0. The second-order valence-corrected chi connectivity index (χ2v) is 9.76.